The van der Waals surface area contributed by atoms with Crippen molar-refractivity contribution in [1.29, 1.82) is 0 Å². The molecule has 0 aromatic heterocycles. The number of fused-ring (bicyclic) bond motifs is 1. The van der Waals surface area contributed by atoms with Crippen LogP contribution in [0.15, 0.2) is 41.3 Å². The molecular weight excluding hydrogens is 302 g/mol. The van der Waals surface area contributed by atoms with Crippen molar-refractivity contribution in [1.82, 2.24) is 4.72 Å². The van der Waals surface area contributed by atoms with E-state index in [-0.39, 0.29) is 18.0 Å². The molecule has 22 heavy (non-hydrogen) atoms. The predicted octanol–water partition coefficient (Wildman–Crippen LogP) is 2.29. The lowest BCUT2D eigenvalue weighted by Gasteiger charge is -2.13. The van der Waals surface area contributed by atoms with Gasteiger partial charge in [0.15, 0.2) is 0 Å². The smallest absolute Gasteiger partial charge is 0.241 e. The van der Waals surface area contributed by atoms with Crippen LogP contribution in [0.4, 0.5) is 0 Å². The topological polar surface area (TPSA) is 75.6 Å². The molecule has 2 aromatic carbocycles. The molecule has 2 aromatic rings. The minimum Gasteiger partial charge on any atom is -0.493 e. The highest BCUT2D eigenvalue weighted by molar-refractivity contribution is 7.89. The summed E-state index contributed by atoms with van der Waals surface area (Å²) in [6.45, 7) is 2.44. The average molecular weight is 323 g/mol. The van der Waals surface area contributed by atoms with Gasteiger partial charge in [-0.3, -0.25) is 0 Å². The van der Waals surface area contributed by atoms with Gasteiger partial charge in [0.25, 0.3) is 0 Å². The van der Waals surface area contributed by atoms with Crippen LogP contribution in [0.1, 0.15) is 19.8 Å². The van der Waals surface area contributed by atoms with Crippen molar-refractivity contribution in [2.24, 2.45) is 0 Å². The Hall–Kier alpha value is -1.63. The van der Waals surface area contributed by atoms with Gasteiger partial charge in [-0.25, -0.2) is 13.1 Å². The van der Waals surface area contributed by atoms with Crippen LogP contribution in [-0.2, 0) is 10.0 Å². The Kier molecular flexibility index (Phi) is 5.76. The van der Waals surface area contributed by atoms with Gasteiger partial charge in [-0.15, -0.1) is 0 Å². The van der Waals surface area contributed by atoms with Crippen LogP contribution in [0.2, 0.25) is 0 Å². The predicted molar refractivity (Wildman–Crippen MR) is 86.6 cm³/mol. The summed E-state index contributed by atoms with van der Waals surface area (Å²) in [5.74, 6) is 0.685. The molecule has 0 spiro atoms. The van der Waals surface area contributed by atoms with Gasteiger partial charge >= 0.3 is 0 Å². The fourth-order valence-corrected chi connectivity index (χ4v) is 3.42. The first kappa shape index (κ1) is 16.7. The molecule has 0 saturated heterocycles. The lowest BCUT2D eigenvalue weighted by Crippen LogP contribution is -2.26. The highest BCUT2D eigenvalue weighted by Crippen LogP contribution is 2.31. The molecule has 2 N–H and O–H groups in total. The summed E-state index contributed by atoms with van der Waals surface area (Å²) in [7, 11) is -3.66. The molecule has 0 amide bonds. The van der Waals surface area contributed by atoms with Crippen LogP contribution in [0.5, 0.6) is 5.75 Å². The van der Waals surface area contributed by atoms with Crippen molar-refractivity contribution < 1.29 is 18.3 Å². The minimum absolute atomic E-state index is 0.00852. The van der Waals surface area contributed by atoms with E-state index in [0.29, 0.717) is 17.7 Å². The number of aliphatic hydroxyl groups is 1. The molecule has 0 heterocycles. The van der Waals surface area contributed by atoms with E-state index in [1.165, 1.54) is 0 Å². The molecule has 0 aliphatic rings. The van der Waals surface area contributed by atoms with Gasteiger partial charge in [0.05, 0.1) is 18.1 Å². The molecule has 2 rings (SSSR count). The Morgan fingerprint density at radius 1 is 1.14 bits per heavy atom. The van der Waals surface area contributed by atoms with Crippen LogP contribution in [0, 0.1) is 0 Å². The normalized spacial score (nSPS) is 11.7. The molecule has 5 nitrogen and oxygen atoms in total. The largest absolute Gasteiger partial charge is 0.493 e. The van der Waals surface area contributed by atoms with Crippen molar-refractivity contribution >= 4 is 20.8 Å². The van der Waals surface area contributed by atoms with Crippen molar-refractivity contribution in [3.63, 3.8) is 0 Å². The summed E-state index contributed by atoms with van der Waals surface area (Å²) in [6, 6.07) is 10.5. The molecule has 0 saturated carbocycles. The van der Waals surface area contributed by atoms with Crippen LogP contribution >= 0.6 is 0 Å². The highest BCUT2D eigenvalue weighted by atomic mass is 32.2. The van der Waals surface area contributed by atoms with Crippen LogP contribution in [0.25, 0.3) is 10.8 Å². The molecule has 6 heteroatoms. The Balaban J connectivity index is 2.44. The quantitative estimate of drug-likeness (QED) is 0.731. The van der Waals surface area contributed by atoms with Crippen molar-refractivity contribution in [3.8, 4) is 5.75 Å². The number of rotatable bonds is 8. The number of hydrogen-bond donors (Lipinski definition) is 2. The second-order valence-corrected chi connectivity index (χ2v) is 6.67. The standard InChI is InChI=1S/C16H21NO4S/c1-2-3-12-21-15-8-9-16(22(19,20)17-10-11-18)14-7-5-4-6-13(14)15/h4-9,17-18H,2-3,10-12H2,1H3. The maximum atomic E-state index is 12.3. The molecule has 0 aliphatic heterocycles. The summed E-state index contributed by atoms with van der Waals surface area (Å²) >= 11 is 0. The first-order valence-electron chi connectivity index (χ1n) is 7.35. The third-order valence-corrected chi connectivity index (χ3v) is 4.81. The zero-order valence-electron chi connectivity index (χ0n) is 12.6. The Bertz CT molecular complexity index is 728. The van der Waals surface area contributed by atoms with Gasteiger partial charge in [0.1, 0.15) is 5.75 Å². The van der Waals surface area contributed by atoms with Crippen LogP contribution in [0.3, 0.4) is 0 Å². The van der Waals surface area contributed by atoms with Gasteiger partial charge in [-0.05, 0) is 18.6 Å². The van der Waals surface area contributed by atoms with Gasteiger partial charge in [0, 0.05) is 17.3 Å². The second-order valence-electron chi connectivity index (χ2n) is 4.93. The van der Waals surface area contributed by atoms with E-state index >= 15 is 0 Å². The molecule has 0 atom stereocenters. The molecule has 0 radical (unpaired) electrons. The van der Waals surface area contributed by atoms with Crippen molar-refractivity contribution in [3.05, 3.63) is 36.4 Å². The first-order valence-corrected chi connectivity index (χ1v) is 8.83. The maximum Gasteiger partial charge on any atom is 0.241 e. The third kappa shape index (κ3) is 3.76. The first-order chi connectivity index (χ1) is 10.6. The Morgan fingerprint density at radius 2 is 1.86 bits per heavy atom. The summed E-state index contributed by atoms with van der Waals surface area (Å²) in [6.07, 6.45) is 1.99. The van der Waals surface area contributed by atoms with E-state index in [2.05, 4.69) is 11.6 Å². The van der Waals surface area contributed by atoms with Crippen molar-refractivity contribution in [2.45, 2.75) is 24.7 Å². The zero-order valence-corrected chi connectivity index (χ0v) is 13.4. The summed E-state index contributed by atoms with van der Waals surface area (Å²) in [4.78, 5) is 0.194. The fourth-order valence-electron chi connectivity index (χ4n) is 2.19. The number of nitrogens with one attached hydrogen (secondary N) is 1. The van der Waals surface area contributed by atoms with Gasteiger partial charge in [-0.2, -0.15) is 0 Å². The number of unbranched alkanes of at least 4 members (excludes halogenated alkanes) is 1. The number of ether oxygens (including phenoxy) is 1. The summed E-state index contributed by atoms with van der Waals surface area (Å²) in [5.41, 5.74) is 0. The number of hydrogen-bond acceptors (Lipinski definition) is 4. The molecular formula is C16H21NO4S. The number of benzene rings is 2. The van der Waals surface area contributed by atoms with E-state index in [1.54, 1.807) is 24.3 Å². The molecule has 120 valence electrons. The Labute approximate surface area is 131 Å². The molecule has 0 aliphatic carbocycles. The van der Waals surface area contributed by atoms with E-state index in [0.717, 1.165) is 18.2 Å². The van der Waals surface area contributed by atoms with E-state index < -0.39 is 10.0 Å². The van der Waals surface area contributed by atoms with Gasteiger partial charge in [0.2, 0.25) is 10.0 Å². The van der Waals surface area contributed by atoms with Crippen LogP contribution < -0.4 is 9.46 Å². The van der Waals surface area contributed by atoms with E-state index in [1.807, 2.05) is 12.1 Å². The summed E-state index contributed by atoms with van der Waals surface area (Å²) < 4.78 is 32.8. The fraction of sp³-hybridized carbons (Fsp3) is 0.375. The summed E-state index contributed by atoms with van der Waals surface area (Å²) in [5, 5.41) is 10.2. The second kappa shape index (κ2) is 7.58. The third-order valence-electron chi connectivity index (χ3n) is 3.29. The lowest BCUT2D eigenvalue weighted by atomic mass is 10.1. The van der Waals surface area contributed by atoms with E-state index in [4.69, 9.17) is 9.84 Å². The van der Waals surface area contributed by atoms with Crippen LogP contribution in [-0.4, -0.2) is 33.3 Å². The number of aliphatic hydroxyl groups excluding tert-OH is 1. The Morgan fingerprint density at radius 3 is 2.55 bits per heavy atom. The van der Waals surface area contributed by atoms with Gasteiger partial charge in [-0.1, -0.05) is 37.6 Å². The van der Waals surface area contributed by atoms with Crippen molar-refractivity contribution in [2.75, 3.05) is 19.8 Å². The highest BCUT2D eigenvalue weighted by Gasteiger charge is 2.18. The monoisotopic (exact) mass is 323 g/mol. The number of sulfonamides is 1. The molecule has 0 fully saturated rings. The molecule has 0 bridgehead atoms. The van der Waals surface area contributed by atoms with E-state index in [9.17, 15) is 8.42 Å². The van der Waals surface area contributed by atoms with Gasteiger partial charge < -0.3 is 9.84 Å². The lowest BCUT2D eigenvalue weighted by molar-refractivity contribution is 0.301. The zero-order chi connectivity index (χ0) is 16.0. The maximum absolute atomic E-state index is 12.3. The SMILES string of the molecule is CCCCOc1ccc(S(=O)(=O)NCCO)c2ccccc12. The molecule has 0 unspecified atom stereocenters. The minimum atomic E-state index is -3.66. The average Bonchev–Trinajstić information content (AvgIpc) is 2.53.